The lowest BCUT2D eigenvalue weighted by Gasteiger charge is -2.33. The van der Waals surface area contributed by atoms with Crippen molar-refractivity contribution in [1.82, 2.24) is 0 Å². The third-order valence-electron chi connectivity index (χ3n) is 3.26. The molecule has 0 aliphatic heterocycles. The molecular formula is C12H23F2O2PS. The Morgan fingerprint density at radius 1 is 1.11 bits per heavy atom. The lowest BCUT2D eigenvalue weighted by molar-refractivity contribution is 0.0283. The molecule has 0 heterocycles. The summed E-state index contributed by atoms with van der Waals surface area (Å²) in [7, 11) is 0. The highest BCUT2D eigenvalue weighted by molar-refractivity contribution is 8.10. The van der Waals surface area contributed by atoms with Gasteiger partial charge in [0.15, 0.2) is 0 Å². The van der Waals surface area contributed by atoms with Crippen LogP contribution in [0.3, 0.4) is 0 Å². The number of alkyl halides is 2. The molecule has 1 aliphatic rings. The van der Waals surface area contributed by atoms with Crippen molar-refractivity contribution in [2.45, 2.75) is 58.0 Å². The van der Waals surface area contributed by atoms with Crippen molar-refractivity contribution in [3.63, 3.8) is 0 Å². The van der Waals surface area contributed by atoms with E-state index in [-0.39, 0.29) is 25.6 Å². The Balaban J connectivity index is 2.70. The van der Waals surface area contributed by atoms with Gasteiger partial charge in [0.2, 0.25) is 0 Å². The summed E-state index contributed by atoms with van der Waals surface area (Å²) < 4.78 is 38.9. The second-order valence-electron chi connectivity index (χ2n) is 4.71. The fourth-order valence-corrected chi connectivity index (χ4v) is 4.89. The molecule has 0 bridgehead atoms. The van der Waals surface area contributed by atoms with E-state index in [0.717, 1.165) is 32.1 Å². The number of hydrogen-bond acceptors (Lipinski definition) is 3. The molecule has 18 heavy (non-hydrogen) atoms. The Hall–Kier alpha value is 0.430. The van der Waals surface area contributed by atoms with Crippen molar-refractivity contribution >= 4 is 18.3 Å². The molecule has 1 rings (SSSR count). The Bertz CT molecular complexity index is 284. The first-order valence-corrected chi connectivity index (χ1v) is 9.36. The molecule has 1 saturated carbocycles. The molecule has 2 nitrogen and oxygen atoms in total. The van der Waals surface area contributed by atoms with Gasteiger partial charge in [0.25, 0.3) is 6.49 Å². The van der Waals surface area contributed by atoms with E-state index >= 15 is 0 Å². The zero-order valence-corrected chi connectivity index (χ0v) is 12.9. The fraction of sp³-hybridized carbons (Fsp3) is 1.00. The van der Waals surface area contributed by atoms with Crippen LogP contribution in [0.5, 0.6) is 0 Å². The summed E-state index contributed by atoms with van der Waals surface area (Å²) in [5, 5.41) is 0. The molecule has 1 fully saturated rings. The molecule has 0 N–H and O–H groups in total. The SMILES string of the molecule is CCOP(=S)(OCC)C(F)(F)CC1CCCCC1. The summed E-state index contributed by atoms with van der Waals surface area (Å²) in [4.78, 5) is 0. The lowest BCUT2D eigenvalue weighted by atomic mass is 9.87. The first-order chi connectivity index (χ1) is 8.45. The van der Waals surface area contributed by atoms with Gasteiger partial charge in [0.1, 0.15) is 0 Å². The van der Waals surface area contributed by atoms with Crippen molar-refractivity contribution in [1.29, 1.82) is 0 Å². The maximum Gasteiger partial charge on any atom is 0.320 e. The van der Waals surface area contributed by atoms with Gasteiger partial charge in [-0.2, -0.15) is 8.78 Å². The largest absolute Gasteiger partial charge is 0.326 e. The van der Waals surface area contributed by atoms with Gasteiger partial charge in [0, 0.05) is 6.42 Å². The summed E-state index contributed by atoms with van der Waals surface area (Å²) in [5.74, 6) is 0.0667. The van der Waals surface area contributed by atoms with E-state index in [4.69, 9.17) is 20.9 Å². The Labute approximate surface area is 114 Å². The minimum atomic E-state index is -3.49. The van der Waals surface area contributed by atoms with Gasteiger partial charge >= 0.3 is 5.66 Å². The van der Waals surface area contributed by atoms with Crippen LogP contribution in [0.25, 0.3) is 0 Å². The molecule has 0 spiro atoms. The Kier molecular flexibility index (Phi) is 6.66. The predicted octanol–water partition coefficient (Wildman–Crippen LogP) is 4.93. The predicted molar refractivity (Wildman–Crippen MR) is 73.7 cm³/mol. The molecule has 108 valence electrons. The molecule has 0 radical (unpaired) electrons. The highest BCUT2D eigenvalue weighted by Gasteiger charge is 2.49. The normalized spacial score (nSPS) is 19.1. The van der Waals surface area contributed by atoms with Gasteiger partial charge in [-0.1, -0.05) is 32.1 Å². The Morgan fingerprint density at radius 3 is 2.06 bits per heavy atom. The van der Waals surface area contributed by atoms with E-state index in [1.165, 1.54) is 0 Å². The van der Waals surface area contributed by atoms with Crippen LogP contribution in [0.4, 0.5) is 8.78 Å². The van der Waals surface area contributed by atoms with Gasteiger partial charge in [-0.05, 0) is 31.6 Å². The van der Waals surface area contributed by atoms with Gasteiger partial charge < -0.3 is 9.05 Å². The highest BCUT2D eigenvalue weighted by atomic mass is 32.5. The molecule has 0 amide bonds. The van der Waals surface area contributed by atoms with Crippen molar-refractivity contribution in [3.8, 4) is 0 Å². The molecule has 0 atom stereocenters. The first kappa shape index (κ1) is 16.5. The Morgan fingerprint density at radius 2 is 1.61 bits per heavy atom. The molecule has 1 aliphatic carbocycles. The topological polar surface area (TPSA) is 18.5 Å². The van der Waals surface area contributed by atoms with Crippen LogP contribution < -0.4 is 0 Å². The maximum atomic E-state index is 14.3. The second kappa shape index (κ2) is 7.28. The zero-order chi connectivity index (χ0) is 13.6. The maximum absolute atomic E-state index is 14.3. The average Bonchev–Trinajstić information content (AvgIpc) is 2.30. The summed E-state index contributed by atoms with van der Waals surface area (Å²) in [6, 6.07) is 0. The van der Waals surface area contributed by atoms with Crippen LogP contribution in [0, 0.1) is 5.92 Å². The van der Waals surface area contributed by atoms with E-state index < -0.39 is 12.2 Å². The summed E-state index contributed by atoms with van der Waals surface area (Å²) in [6.45, 7) is 0.222. The number of hydrogen-bond donors (Lipinski definition) is 0. The first-order valence-electron chi connectivity index (χ1n) is 6.72. The average molecular weight is 300 g/mol. The molecular weight excluding hydrogens is 277 g/mol. The number of halogens is 2. The fourth-order valence-electron chi connectivity index (χ4n) is 2.42. The number of rotatable bonds is 7. The van der Waals surface area contributed by atoms with Crippen LogP contribution in [0.1, 0.15) is 52.4 Å². The minimum absolute atomic E-state index is 0.0667. The quantitative estimate of drug-likeness (QED) is 0.621. The van der Waals surface area contributed by atoms with Crippen LogP contribution in [0.15, 0.2) is 0 Å². The molecule has 0 aromatic heterocycles. The van der Waals surface area contributed by atoms with E-state index in [9.17, 15) is 8.78 Å². The third kappa shape index (κ3) is 4.22. The molecule has 0 unspecified atom stereocenters. The van der Waals surface area contributed by atoms with Crippen molar-refractivity contribution in [2.75, 3.05) is 13.2 Å². The monoisotopic (exact) mass is 300 g/mol. The zero-order valence-electron chi connectivity index (χ0n) is 11.2. The van der Waals surface area contributed by atoms with Crippen LogP contribution >= 0.6 is 6.49 Å². The van der Waals surface area contributed by atoms with E-state index in [1.54, 1.807) is 13.8 Å². The molecule has 0 saturated heterocycles. The van der Waals surface area contributed by atoms with Gasteiger partial charge in [-0.3, -0.25) is 0 Å². The van der Waals surface area contributed by atoms with E-state index in [2.05, 4.69) is 0 Å². The molecule has 0 aromatic rings. The second-order valence-corrected chi connectivity index (χ2v) is 8.31. The summed E-state index contributed by atoms with van der Waals surface area (Å²) in [6.07, 6.45) is 4.84. The third-order valence-corrected chi connectivity index (χ3v) is 6.87. The summed E-state index contributed by atoms with van der Waals surface area (Å²) >= 11 is 5.02. The van der Waals surface area contributed by atoms with Crippen molar-refractivity contribution in [2.24, 2.45) is 5.92 Å². The lowest BCUT2D eigenvalue weighted by Crippen LogP contribution is -2.25. The molecule has 6 heteroatoms. The van der Waals surface area contributed by atoms with Crippen LogP contribution in [0.2, 0.25) is 0 Å². The minimum Gasteiger partial charge on any atom is -0.326 e. The van der Waals surface area contributed by atoms with E-state index in [1.807, 2.05) is 0 Å². The summed E-state index contributed by atoms with van der Waals surface area (Å²) in [5.41, 5.74) is -3.00. The molecule has 0 aromatic carbocycles. The smallest absolute Gasteiger partial charge is 0.320 e. The van der Waals surface area contributed by atoms with Gasteiger partial charge in [0.05, 0.1) is 13.2 Å². The standard InChI is InChI=1S/C12H23F2O2PS/c1-3-15-17(18,16-4-2)12(13,14)10-11-8-6-5-7-9-11/h11H,3-10H2,1-2H3. The highest BCUT2D eigenvalue weighted by Crippen LogP contribution is 2.64. The van der Waals surface area contributed by atoms with Crippen molar-refractivity contribution < 1.29 is 17.8 Å². The van der Waals surface area contributed by atoms with Gasteiger partial charge in [-0.15, -0.1) is 0 Å². The van der Waals surface area contributed by atoms with Crippen LogP contribution in [-0.4, -0.2) is 18.9 Å². The van der Waals surface area contributed by atoms with Crippen LogP contribution in [-0.2, 0) is 20.9 Å². The van der Waals surface area contributed by atoms with Crippen molar-refractivity contribution in [3.05, 3.63) is 0 Å². The van der Waals surface area contributed by atoms with E-state index in [0.29, 0.717) is 0 Å². The van der Waals surface area contributed by atoms with Gasteiger partial charge in [-0.25, -0.2) is 0 Å².